The number of amides is 3. The van der Waals surface area contributed by atoms with E-state index in [1.807, 2.05) is 67.6 Å². The Balaban J connectivity index is 1.12. The molecule has 3 heterocycles. The fourth-order valence-electron chi connectivity index (χ4n) is 7.82. The summed E-state index contributed by atoms with van der Waals surface area (Å²) in [6.07, 6.45) is 9.84. The maximum absolute atomic E-state index is 14.5. The van der Waals surface area contributed by atoms with Crippen LogP contribution in [0, 0.1) is 11.8 Å². The minimum atomic E-state index is -1.18. The van der Waals surface area contributed by atoms with Crippen LogP contribution in [-0.4, -0.2) is 52.5 Å². The average molecular weight is 620 g/mol. The van der Waals surface area contributed by atoms with E-state index >= 15 is 0 Å². The molecule has 3 aromatic carbocycles. The Kier molecular flexibility index (Phi) is 8.38. The van der Waals surface area contributed by atoms with Gasteiger partial charge in [0.1, 0.15) is 23.1 Å². The zero-order valence-electron chi connectivity index (χ0n) is 26.1. The van der Waals surface area contributed by atoms with E-state index in [9.17, 15) is 14.4 Å². The number of benzene rings is 3. The lowest BCUT2D eigenvalue weighted by Crippen LogP contribution is -2.58. The van der Waals surface area contributed by atoms with Gasteiger partial charge in [0.2, 0.25) is 17.7 Å². The molecule has 6 atom stereocenters. The van der Waals surface area contributed by atoms with Gasteiger partial charge in [-0.25, -0.2) is 0 Å². The summed E-state index contributed by atoms with van der Waals surface area (Å²) < 4.78 is 12.5. The van der Waals surface area contributed by atoms with Crippen molar-refractivity contribution in [3.8, 4) is 11.5 Å². The van der Waals surface area contributed by atoms with E-state index < -0.39 is 29.6 Å². The van der Waals surface area contributed by atoms with Crippen molar-refractivity contribution in [2.24, 2.45) is 11.8 Å². The number of rotatable bonds is 10. The van der Waals surface area contributed by atoms with Crippen LogP contribution in [0.1, 0.15) is 51.0 Å². The Hall–Kier alpha value is -4.43. The Morgan fingerprint density at radius 2 is 1.59 bits per heavy atom. The zero-order valence-corrected chi connectivity index (χ0v) is 26.1. The number of hydrogen-bond donors (Lipinski definition) is 2. The fourth-order valence-corrected chi connectivity index (χ4v) is 7.82. The summed E-state index contributed by atoms with van der Waals surface area (Å²) in [4.78, 5) is 44.3. The first kappa shape index (κ1) is 30.2. The number of aryl methyl sites for hydroxylation is 1. The number of carbonyl (C=O) groups is 3. The molecule has 3 amide bonds. The SMILES string of the molecule is CC(CCc1ccccc1)N1C(=O)[C@H]2C(C(=O)Nc3ccc(Oc4ccccc4)cc3)[C@H]3C=CC2(O3)C1C(=O)NC1CCCCC1. The van der Waals surface area contributed by atoms with Crippen molar-refractivity contribution in [2.75, 3.05) is 5.32 Å². The highest BCUT2D eigenvalue weighted by Gasteiger charge is 2.73. The lowest BCUT2D eigenvalue weighted by atomic mass is 9.74. The van der Waals surface area contributed by atoms with Crippen molar-refractivity contribution in [2.45, 2.75) is 81.7 Å². The molecule has 8 heteroatoms. The fraction of sp³-hybridized carbons (Fsp3) is 0.395. The summed E-state index contributed by atoms with van der Waals surface area (Å²) in [5.74, 6) is -0.847. The summed E-state index contributed by atoms with van der Waals surface area (Å²) >= 11 is 0. The van der Waals surface area contributed by atoms with Gasteiger partial charge in [0, 0.05) is 17.8 Å². The largest absolute Gasteiger partial charge is 0.457 e. The smallest absolute Gasteiger partial charge is 0.246 e. The third-order valence-corrected chi connectivity index (χ3v) is 10.1. The number of anilines is 1. The quantitative estimate of drug-likeness (QED) is 0.270. The van der Waals surface area contributed by atoms with Crippen LogP contribution < -0.4 is 15.4 Å². The van der Waals surface area contributed by atoms with E-state index in [-0.39, 0.29) is 29.8 Å². The number of nitrogens with zero attached hydrogens (tertiary/aromatic N) is 1. The molecular weight excluding hydrogens is 578 g/mol. The topological polar surface area (TPSA) is 97.0 Å². The molecule has 4 unspecified atom stereocenters. The molecule has 2 saturated heterocycles. The third-order valence-electron chi connectivity index (χ3n) is 10.1. The molecule has 3 aliphatic heterocycles. The molecule has 7 rings (SSSR count). The molecule has 3 fully saturated rings. The van der Waals surface area contributed by atoms with Crippen molar-refractivity contribution < 1.29 is 23.9 Å². The van der Waals surface area contributed by atoms with Crippen LogP contribution in [0.2, 0.25) is 0 Å². The van der Waals surface area contributed by atoms with Crippen LogP contribution in [0.3, 0.4) is 0 Å². The predicted molar refractivity (Wildman–Crippen MR) is 175 cm³/mol. The van der Waals surface area contributed by atoms with Gasteiger partial charge in [0.05, 0.1) is 17.9 Å². The lowest BCUT2D eigenvalue weighted by molar-refractivity contribution is -0.143. The number of hydrogen-bond acceptors (Lipinski definition) is 5. The minimum absolute atomic E-state index is 0.0868. The molecule has 8 nitrogen and oxygen atoms in total. The van der Waals surface area contributed by atoms with E-state index in [2.05, 4.69) is 22.8 Å². The van der Waals surface area contributed by atoms with Gasteiger partial charge in [-0.3, -0.25) is 14.4 Å². The summed E-state index contributed by atoms with van der Waals surface area (Å²) in [6, 6.07) is 25.8. The zero-order chi connectivity index (χ0) is 31.7. The molecular formula is C38H41N3O5. The van der Waals surface area contributed by atoms with Crippen LogP contribution in [0.4, 0.5) is 5.69 Å². The van der Waals surface area contributed by atoms with Gasteiger partial charge in [-0.1, -0.05) is 79.9 Å². The highest BCUT2D eigenvalue weighted by Crippen LogP contribution is 2.56. The van der Waals surface area contributed by atoms with Crippen LogP contribution in [0.25, 0.3) is 0 Å². The van der Waals surface area contributed by atoms with Crippen molar-refractivity contribution >= 4 is 23.4 Å². The van der Waals surface area contributed by atoms with E-state index in [4.69, 9.17) is 9.47 Å². The first-order valence-corrected chi connectivity index (χ1v) is 16.6. The van der Waals surface area contributed by atoms with Crippen molar-refractivity contribution in [1.82, 2.24) is 10.2 Å². The van der Waals surface area contributed by atoms with Gasteiger partial charge >= 0.3 is 0 Å². The molecule has 0 aromatic heterocycles. The standard InChI is InChI=1S/C38H41N3O5/c1-25(17-18-26-11-5-2-6-12-26)41-34(36(43)40-27-13-7-3-8-14-27)38-24-23-31(46-38)32(33(38)37(41)44)35(42)39-28-19-21-30(22-20-28)45-29-15-9-4-10-16-29/h2,4-6,9-12,15-16,19-25,27,31-34H,3,7-8,13-14,17-18H2,1H3,(H,39,42)(H,40,43)/t25?,31-,32?,33-,34?,38?/m1/s1. The highest BCUT2D eigenvalue weighted by atomic mass is 16.5. The molecule has 3 aromatic rings. The Labute approximate surface area is 270 Å². The average Bonchev–Trinajstić information content (AvgIpc) is 3.73. The molecule has 1 saturated carbocycles. The van der Waals surface area contributed by atoms with Gasteiger partial charge in [0.15, 0.2) is 0 Å². The van der Waals surface area contributed by atoms with Crippen molar-refractivity contribution in [3.05, 3.63) is 103 Å². The molecule has 46 heavy (non-hydrogen) atoms. The first-order valence-electron chi connectivity index (χ1n) is 16.6. The van der Waals surface area contributed by atoms with Gasteiger partial charge in [-0.2, -0.15) is 0 Å². The van der Waals surface area contributed by atoms with Crippen LogP contribution in [0.5, 0.6) is 11.5 Å². The van der Waals surface area contributed by atoms with Crippen LogP contribution in [0.15, 0.2) is 97.1 Å². The van der Waals surface area contributed by atoms with Gasteiger partial charge in [-0.15, -0.1) is 0 Å². The predicted octanol–water partition coefficient (Wildman–Crippen LogP) is 6.04. The molecule has 1 aliphatic carbocycles. The Morgan fingerprint density at radius 3 is 2.30 bits per heavy atom. The van der Waals surface area contributed by atoms with E-state index in [1.54, 1.807) is 29.2 Å². The summed E-state index contributed by atoms with van der Waals surface area (Å²) in [5.41, 5.74) is 0.588. The molecule has 238 valence electrons. The number of fused-ring (bicyclic) bond motifs is 1. The van der Waals surface area contributed by atoms with Crippen molar-refractivity contribution in [3.63, 3.8) is 0 Å². The van der Waals surface area contributed by atoms with E-state index in [0.717, 1.165) is 37.9 Å². The lowest BCUT2D eigenvalue weighted by Gasteiger charge is -2.36. The summed E-state index contributed by atoms with van der Waals surface area (Å²) in [7, 11) is 0. The maximum atomic E-state index is 14.5. The van der Waals surface area contributed by atoms with Gasteiger partial charge < -0.3 is 25.0 Å². The number of likely N-dealkylation sites (tertiary alicyclic amines) is 1. The van der Waals surface area contributed by atoms with Gasteiger partial charge in [0.25, 0.3) is 0 Å². The second kappa shape index (κ2) is 12.8. The first-order chi connectivity index (χ1) is 22.4. The molecule has 2 bridgehead atoms. The van der Waals surface area contributed by atoms with Gasteiger partial charge in [-0.05, 0) is 74.6 Å². The number of carbonyl (C=O) groups excluding carboxylic acids is 3. The molecule has 4 aliphatic rings. The van der Waals surface area contributed by atoms with E-state index in [0.29, 0.717) is 17.9 Å². The Morgan fingerprint density at radius 1 is 0.913 bits per heavy atom. The third kappa shape index (κ3) is 5.71. The summed E-state index contributed by atoms with van der Waals surface area (Å²) in [6.45, 7) is 2.00. The minimum Gasteiger partial charge on any atom is -0.457 e. The summed E-state index contributed by atoms with van der Waals surface area (Å²) in [5, 5.41) is 6.29. The second-order valence-corrected chi connectivity index (χ2v) is 13.1. The second-order valence-electron chi connectivity index (χ2n) is 13.1. The maximum Gasteiger partial charge on any atom is 0.246 e. The van der Waals surface area contributed by atoms with Crippen LogP contribution in [-0.2, 0) is 25.5 Å². The van der Waals surface area contributed by atoms with Crippen molar-refractivity contribution in [1.29, 1.82) is 0 Å². The number of nitrogens with one attached hydrogen (secondary N) is 2. The molecule has 1 spiro atoms. The Bertz CT molecular complexity index is 1590. The monoisotopic (exact) mass is 619 g/mol. The molecule has 0 radical (unpaired) electrons. The number of para-hydroxylation sites is 1. The molecule has 2 N–H and O–H groups in total. The number of ether oxygens (including phenoxy) is 2. The van der Waals surface area contributed by atoms with Crippen LogP contribution >= 0.6 is 0 Å². The highest BCUT2D eigenvalue weighted by molar-refractivity contribution is 6.03. The van der Waals surface area contributed by atoms with E-state index in [1.165, 1.54) is 12.0 Å². The normalized spacial score (nSPS) is 27.3.